The second-order valence-electron chi connectivity index (χ2n) is 3.88. The van der Waals surface area contributed by atoms with Gasteiger partial charge in [-0.3, -0.25) is 0 Å². The molecule has 0 bridgehead atoms. The van der Waals surface area contributed by atoms with Gasteiger partial charge in [-0.25, -0.2) is 4.98 Å². The summed E-state index contributed by atoms with van der Waals surface area (Å²) in [5.41, 5.74) is 13.9. The number of hydrogen-bond acceptors (Lipinski definition) is 6. The molecule has 0 aliphatic heterocycles. The van der Waals surface area contributed by atoms with Gasteiger partial charge in [0.15, 0.2) is 0 Å². The molecule has 6 nitrogen and oxygen atoms in total. The molecule has 0 saturated heterocycles. The summed E-state index contributed by atoms with van der Waals surface area (Å²) in [5.74, 6) is 0.374. The fourth-order valence-electron chi connectivity index (χ4n) is 1.73. The molecule has 0 unspecified atom stereocenters. The maximum Gasteiger partial charge on any atom is 0.221 e. The number of nitrogen functional groups attached to an aromatic ring is 2. The summed E-state index contributed by atoms with van der Waals surface area (Å²) in [6.45, 7) is -0.229. The van der Waals surface area contributed by atoms with Crippen LogP contribution in [0.2, 0.25) is 0 Å². The van der Waals surface area contributed by atoms with Crippen LogP contribution in [0, 0.1) is 0 Å². The minimum absolute atomic E-state index is 0.108. The second kappa shape index (κ2) is 4.99. The van der Waals surface area contributed by atoms with Crippen molar-refractivity contribution in [2.24, 2.45) is 0 Å². The molecule has 6 N–H and O–H groups in total. The lowest BCUT2D eigenvalue weighted by atomic mass is 10.0. The summed E-state index contributed by atoms with van der Waals surface area (Å²) >= 11 is 0. The van der Waals surface area contributed by atoms with E-state index in [1.807, 2.05) is 0 Å². The van der Waals surface area contributed by atoms with Gasteiger partial charge in [-0.15, -0.1) is 0 Å². The van der Waals surface area contributed by atoms with Gasteiger partial charge in [0.25, 0.3) is 0 Å². The third kappa shape index (κ3) is 2.39. The summed E-state index contributed by atoms with van der Waals surface area (Å²) in [6.07, 6.45) is 1.52. The smallest absolute Gasteiger partial charge is 0.221 e. The van der Waals surface area contributed by atoms with Gasteiger partial charge in [0.2, 0.25) is 5.95 Å². The summed E-state index contributed by atoms with van der Waals surface area (Å²) in [7, 11) is 0. The van der Waals surface area contributed by atoms with Crippen LogP contribution < -0.4 is 11.5 Å². The standard InChI is InChI=1S/C12H14N4O2/c13-11-10(4-15-12(14)16-11)9-2-7(5-17)1-8(3-9)6-18/h1-4,17-18H,5-6H2,(H4,13,14,15,16). The normalized spacial score (nSPS) is 10.6. The van der Waals surface area contributed by atoms with E-state index in [1.54, 1.807) is 18.2 Å². The zero-order chi connectivity index (χ0) is 13.1. The van der Waals surface area contributed by atoms with Crippen molar-refractivity contribution in [2.75, 3.05) is 11.5 Å². The van der Waals surface area contributed by atoms with Gasteiger partial charge in [-0.1, -0.05) is 6.07 Å². The fraction of sp³-hybridized carbons (Fsp3) is 0.167. The molecule has 6 heteroatoms. The molecule has 1 aromatic carbocycles. The van der Waals surface area contributed by atoms with E-state index in [1.165, 1.54) is 6.20 Å². The van der Waals surface area contributed by atoms with Crippen LogP contribution in [-0.4, -0.2) is 20.2 Å². The Balaban J connectivity index is 2.55. The van der Waals surface area contributed by atoms with Crippen LogP contribution in [0.4, 0.5) is 11.8 Å². The second-order valence-corrected chi connectivity index (χ2v) is 3.88. The Morgan fingerprint density at radius 2 is 1.61 bits per heavy atom. The Morgan fingerprint density at radius 3 is 2.11 bits per heavy atom. The number of aliphatic hydroxyl groups excluding tert-OH is 2. The van der Waals surface area contributed by atoms with Crippen LogP contribution in [0.3, 0.4) is 0 Å². The van der Waals surface area contributed by atoms with Crippen molar-refractivity contribution < 1.29 is 10.2 Å². The molecule has 94 valence electrons. The SMILES string of the molecule is Nc1ncc(-c2cc(CO)cc(CO)c2)c(N)n1. The predicted octanol–water partition coefficient (Wildman–Crippen LogP) is 0.293. The van der Waals surface area contributed by atoms with Gasteiger partial charge in [0.1, 0.15) is 5.82 Å². The number of benzene rings is 1. The highest BCUT2D eigenvalue weighted by atomic mass is 16.3. The zero-order valence-electron chi connectivity index (χ0n) is 9.67. The summed E-state index contributed by atoms with van der Waals surface area (Å²) in [6, 6.07) is 5.26. The molecule has 0 amide bonds. The molecular formula is C12H14N4O2. The molecular weight excluding hydrogens is 232 g/mol. The van der Waals surface area contributed by atoms with Crippen molar-refractivity contribution in [1.29, 1.82) is 0 Å². The minimum Gasteiger partial charge on any atom is -0.392 e. The number of rotatable bonds is 3. The van der Waals surface area contributed by atoms with Gasteiger partial charge in [0, 0.05) is 11.8 Å². The highest BCUT2D eigenvalue weighted by Crippen LogP contribution is 2.26. The van der Waals surface area contributed by atoms with Crippen LogP contribution in [0.25, 0.3) is 11.1 Å². The third-order valence-corrected chi connectivity index (χ3v) is 2.57. The Hall–Kier alpha value is -2.18. The Morgan fingerprint density at radius 1 is 1.00 bits per heavy atom. The largest absolute Gasteiger partial charge is 0.392 e. The van der Waals surface area contributed by atoms with Gasteiger partial charge < -0.3 is 21.7 Å². The fourth-order valence-corrected chi connectivity index (χ4v) is 1.73. The van der Waals surface area contributed by atoms with Gasteiger partial charge in [-0.2, -0.15) is 4.98 Å². The first kappa shape index (κ1) is 12.3. The average Bonchev–Trinajstić information content (AvgIpc) is 2.38. The number of nitrogens with two attached hydrogens (primary N) is 2. The lowest BCUT2D eigenvalue weighted by Gasteiger charge is -2.09. The highest BCUT2D eigenvalue weighted by molar-refractivity contribution is 5.74. The van der Waals surface area contributed by atoms with E-state index in [2.05, 4.69) is 9.97 Å². The molecule has 2 rings (SSSR count). The first-order valence-corrected chi connectivity index (χ1v) is 5.37. The number of anilines is 2. The maximum atomic E-state index is 9.18. The van der Waals surface area contributed by atoms with E-state index in [4.69, 9.17) is 11.5 Å². The molecule has 0 aliphatic rings. The van der Waals surface area contributed by atoms with E-state index in [-0.39, 0.29) is 25.0 Å². The van der Waals surface area contributed by atoms with Crippen molar-refractivity contribution in [3.05, 3.63) is 35.5 Å². The number of hydrogen-bond donors (Lipinski definition) is 4. The van der Waals surface area contributed by atoms with E-state index in [0.717, 1.165) is 5.56 Å². The summed E-state index contributed by atoms with van der Waals surface area (Å²) in [4.78, 5) is 7.77. The lowest BCUT2D eigenvalue weighted by molar-refractivity contribution is 0.275. The van der Waals surface area contributed by atoms with Gasteiger partial charge >= 0.3 is 0 Å². The van der Waals surface area contributed by atoms with Crippen LogP contribution in [0.5, 0.6) is 0 Å². The Kier molecular flexibility index (Phi) is 3.40. The topological polar surface area (TPSA) is 118 Å². The number of aromatic nitrogens is 2. The van der Waals surface area contributed by atoms with Crippen LogP contribution in [0.15, 0.2) is 24.4 Å². The van der Waals surface area contributed by atoms with Crippen LogP contribution in [0.1, 0.15) is 11.1 Å². The van der Waals surface area contributed by atoms with Gasteiger partial charge in [0.05, 0.1) is 13.2 Å². The average molecular weight is 246 g/mol. The molecule has 2 aromatic rings. The molecule has 0 fully saturated rings. The monoisotopic (exact) mass is 246 g/mol. The third-order valence-electron chi connectivity index (χ3n) is 2.57. The van der Waals surface area contributed by atoms with Crippen molar-refractivity contribution in [2.45, 2.75) is 13.2 Å². The minimum atomic E-state index is -0.115. The number of nitrogens with zero attached hydrogens (tertiary/aromatic N) is 2. The molecule has 0 radical (unpaired) electrons. The van der Waals surface area contributed by atoms with Gasteiger partial charge in [-0.05, 0) is 28.8 Å². The van der Waals surface area contributed by atoms with E-state index in [0.29, 0.717) is 16.7 Å². The predicted molar refractivity (Wildman–Crippen MR) is 68.1 cm³/mol. The molecule has 18 heavy (non-hydrogen) atoms. The van der Waals surface area contributed by atoms with Crippen LogP contribution in [-0.2, 0) is 13.2 Å². The molecule has 0 aliphatic carbocycles. The maximum absolute atomic E-state index is 9.18. The molecule has 0 atom stereocenters. The van der Waals surface area contributed by atoms with E-state index < -0.39 is 0 Å². The first-order chi connectivity index (χ1) is 8.63. The van der Waals surface area contributed by atoms with Crippen molar-refractivity contribution in [3.63, 3.8) is 0 Å². The number of aliphatic hydroxyl groups is 2. The van der Waals surface area contributed by atoms with Crippen molar-refractivity contribution >= 4 is 11.8 Å². The molecule has 0 saturated carbocycles. The first-order valence-electron chi connectivity index (χ1n) is 5.37. The van der Waals surface area contributed by atoms with Crippen molar-refractivity contribution in [3.8, 4) is 11.1 Å². The van der Waals surface area contributed by atoms with Crippen molar-refractivity contribution in [1.82, 2.24) is 9.97 Å². The van der Waals surface area contributed by atoms with E-state index in [9.17, 15) is 10.2 Å². The zero-order valence-corrected chi connectivity index (χ0v) is 9.67. The Labute approximate surface area is 104 Å². The summed E-state index contributed by atoms with van der Waals surface area (Å²) in [5, 5.41) is 18.4. The van der Waals surface area contributed by atoms with E-state index >= 15 is 0 Å². The van der Waals surface area contributed by atoms with Crippen LogP contribution >= 0.6 is 0 Å². The Bertz CT molecular complexity index is 550. The molecule has 1 heterocycles. The molecule has 0 spiro atoms. The highest BCUT2D eigenvalue weighted by Gasteiger charge is 2.08. The molecule has 1 aromatic heterocycles. The quantitative estimate of drug-likeness (QED) is 0.618. The summed E-state index contributed by atoms with van der Waals surface area (Å²) < 4.78 is 0. The lowest BCUT2D eigenvalue weighted by Crippen LogP contribution is -2.01.